The van der Waals surface area contributed by atoms with Crippen LogP contribution in [0.5, 0.6) is 5.75 Å². The minimum absolute atomic E-state index is 0.252. The summed E-state index contributed by atoms with van der Waals surface area (Å²) in [5.74, 6) is 13.1. The number of hydrogen-bond acceptors (Lipinski definition) is 6. The van der Waals surface area contributed by atoms with Crippen molar-refractivity contribution in [3.05, 3.63) is 29.8 Å². The molecule has 24 heavy (non-hydrogen) atoms. The van der Waals surface area contributed by atoms with Gasteiger partial charge in [0.25, 0.3) is 0 Å². The second-order valence-electron chi connectivity index (χ2n) is 6.05. The van der Waals surface area contributed by atoms with E-state index in [1.807, 2.05) is 24.3 Å². The molecule has 0 bridgehead atoms. The van der Waals surface area contributed by atoms with E-state index in [-0.39, 0.29) is 6.04 Å². The summed E-state index contributed by atoms with van der Waals surface area (Å²) in [5, 5.41) is 14.9. The Labute approximate surface area is 143 Å². The molecule has 1 aromatic rings. The molecule has 1 aliphatic rings. The molecule has 4 N–H and O–H groups in total. The number of nitriles is 1. The first-order chi connectivity index (χ1) is 11.7. The van der Waals surface area contributed by atoms with E-state index >= 15 is 0 Å². The fraction of sp³-hybridized carbons (Fsp3) is 0.529. The Hall–Kier alpha value is -2.46. The number of amidine groups is 1. The lowest BCUT2D eigenvalue weighted by Crippen LogP contribution is -2.50. The van der Waals surface area contributed by atoms with Gasteiger partial charge in [0.1, 0.15) is 5.75 Å². The van der Waals surface area contributed by atoms with E-state index in [0.29, 0.717) is 18.9 Å². The standard InChI is InChI=1S/C17H26N6O/c1-24-16-9-7-14(8-10-16)11-22(13-18)12-17(21-19)23(20)15-5-3-2-4-6-15/h7-10,15H,2-6,11-12,19-20H2,1H3/b21-17-. The van der Waals surface area contributed by atoms with Crippen LogP contribution in [-0.4, -0.2) is 35.4 Å². The van der Waals surface area contributed by atoms with Gasteiger partial charge in [-0.05, 0) is 30.5 Å². The van der Waals surface area contributed by atoms with Crippen LogP contribution < -0.4 is 16.4 Å². The highest BCUT2D eigenvalue weighted by Gasteiger charge is 2.23. The van der Waals surface area contributed by atoms with Gasteiger partial charge in [-0.2, -0.15) is 10.4 Å². The molecule has 1 fully saturated rings. The van der Waals surface area contributed by atoms with Crippen molar-refractivity contribution in [3.8, 4) is 11.9 Å². The lowest BCUT2D eigenvalue weighted by molar-refractivity contribution is 0.238. The number of benzene rings is 1. The largest absolute Gasteiger partial charge is 0.497 e. The highest BCUT2D eigenvalue weighted by molar-refractivity contribution is 5.84. The van der Waals surface area contributed by atoms with Crippen molar-refractivity contribution in [2.24, 2.45) is 16.8 Å². The average Bonchev–Trinajstić information content (AvgIpc) is 2.65. The summed E-state index contributed by atoms with van der Waals surface area (Å²) in [6.45, 7) is 0.768. The number of nitrogens with two attached hydrogens (primary N) is 2. The number of hydrogen-bond donors (Lipinski definition) is 2. The van der Waals surface area contributed by atoms with E-state index in [9.17, 15) is 5.26 Å². The Morgan fingerprint density at radius 3 is 2.50 bits per heavy atom. The molecule has 7 heteroatoms. The molecule has 0 saturated heterocycles. The van der Waals surface area contributed by atoms with Crippen LogP contribution in [0.2, 0.25) is 0 Å². The minimum Gasteiger partial charge on any atom is -0.497 e. The molecule has 1 saturated carbocycles. The van der Waals surface area contributed by atoms with E-state index < -0.39 is 0 Å². The van der Waals surface area contributed by atoms with Crippen molar-refractivity contribution in [2.75, 3.05) is 13.7 Å². The molecule has 7 nitrogen and oxygen atoms in total. The van der Waals surface area contributed by atoms with Crippen LogP contribution in [0.25, 0.3) is 0 Å². The van der Waals surface area contributed by atoms with Crippen molar-refractivity contribution in [3.63, 3.8) is 0 Å². The van der Waals surface area contributed by atoms with E-state index in [2.05, 4.69) is 11.3 Å². The van der Waals surface area contributed by atoms with Crippen molar-refractivity contribution in [2.45, 2.75) is 44.7 Å². The topological polar surface area (TPSA) is 104 Å². The van der Waals surface area contributed by atoms with Gasteiger partial charge < -0.3 is 10.6 Å². The van der Waals surface area contributed by atoms with Crippen LogP contribution in [0.3, 0.4) is 0 Å². The first-order valence-electron chi connectivity index (χ1n) is 8.26. The molecule has 0 aromatic heterocycles. The van der Waals surface area contributed by atoms with Gasteiger partial charge >= 0.3 is 0 Å². The Balaban J connectivity index is 1.97. The molecule has 0 atom stereocenters. The van der Waals surface area contributed by atoms with Crippen LogP contribution in [0.4, 0.5) is 0 Å². The summed E-state index contributed by atoms with van der Waals surface area (Å²) >= 11 is 0. The maximum atomic E-state index is 9.42. The van der Waals surface area contributed by atoms with Crippen molar-refractivity contribution in [1.82, 2.24) is 9.91 Å². The van der Waals surface area contributed by atoms with Gasteiger partial charge in [-0.1, -0.05) is 31.4 Å². The third-order valence-corrected chi connectivity index (χ3v) is 4.42. The molecule has 0 unspecified atom stereocenters. The van der Waals surface area contributed by atoms with E-state index in [1.54, 1.807) is 17.0 Å². The number of rotatable bonds is 6. The van der Waals surface area contributed by atoms with Crippen molar-refractivity contribution >= 4 is 5.84 Å². The van der Waals surface area contributed by atoms with Crippen molar-refractivity contribution in [1.29, 1.82) is 5.26 Å². The zero-order valence-electron chi connectivity index (χ0n) is 14.2. The SMILES string of the molecule is COc1ccc(CN(C#N)C/C(=N/N)N(N)C2CCCCC2)cc1. The lowest BCUT2D eigenvalue weighted by Gasteiger charge is -2.33. The normalized spacial score (nSPS) is 15.6. The third kappa shape index (κ3) is 4.77. The number of nitrogens with zero attached hydrogens (tertiary/aromatic N) is 4. The third-order valence-electron chi connectivity index (χ3n) is 4.42. The summed E-state index contributed by atoms with van der Waals surface area (Å²) in [7, 11) is 1.63. The molecular formula is C17H26N6O. The summed E-state index contributed by atoms with van der Waals surface area (Å²) in [5.41, 5.74) is 1.01. The van der Waals surface area contributed by atoms with Gasteiger partial charge in [0.2, 0.25) is 0 Å². The summed E-state index contributed by atoms with van der Waals surface area (Å²) < 4.78 is 5.14. The maximum absolute atomic E-state index is 9.42. The molecule has 0 radical (unpaired) electrons. The van der Waals surface area contributed by atoms with Gasteiger partial charge in [-0.15, -0.1) is 0 Å². The molecular weight excluding hydrogens is 304 g/mol. The zero-order chi connectivity index (χ0) is 17.4. The molecule has 1 aliphatic carbocycles. The van der Waals surface area contributed by atoms with Crippen LogP contribution in [0, 0.1) is 11.5 Å². The van der Waals surface area contributed by atoms with E-state index in [0.717, 1.165) is 24.2 Å². The predicted octanol–water partition coefficient (Wildman–Crippen LogP) is 1.76. The minimum atomic E-state index is 0.252. The zero-order valence-corrected chi connectivity index (χ0v) is 14.2. The summed E-state index contributed by atoms with van der Waals surface area (Å²) in [4.78, 5) is 1.59. The fourth-order valence-corrected chi connectivity index (χ4v) is 3.01. The van der Waals surface area contributed by atoms with E-state index in [1.165, 1.54) is 19.3 Å². The molecule has 1 aromatic carbocycles. The Morgan fingerprint density at radius 1 is 1.29 bits per heavy atom. The van der Waals surface area contributed by atoms with Gasteiger partial charge in [0.05, 0.1) is 20.2 Å². The van der Waals surface area contributed by atoms with Gasteiger partial charge in [0, 0.05) is 6.04 Å². The summed E-state index contributed by atoms with van der Waals surface area (Å²) in [6.07, 6.45) is 7.86. The first-order valence-corrected chi connectivity index (χ1v) is 8.26. The number of ether oxygens (including phenoxy) is 1. The second kappa shape index (κ2) is 8.99. The maximum Gasteiger partial charge on any atom is 0.180 e. The van der Waals surface area contributed by atoms with Gasteiger partial charge in [-0.3, -0.25) is 9.91 Å². The number of hydrazine groups is 1. The lowest BCUT2D eigenvalue weighted by atomic mass is 9.95. The van der Waals surface area contributed by atoms with Crippen LogP contribution >= 0.6 is 0 Å². The fourth-order valence-electron chi connectivity index (χ4n) is 3.01. The van der Waals surface area contributed by atoms with Crippen LogP contribution in [0.1, 0.15) is 37.7 Å². The number of methoxy groups -OCH3 is 1. The molecule has 0 aliphatic heterocycles. The Morgan fingerprint density at radius 2 is 1.96 bits per heavy atom. The Kier molecular flexibility index (Phi) is 6.70. The Bertz CT molecular complexity index is 574. The molecule has 2 rings (SSSR count). The number of hydrazone groups is 1. The second-order valence-corrected chi connectivity index (χ2v) is 6.05. The highest BCUT2D eigenvalue weighted by atomic mass is 16.5. The smallest absolute Gasteiger partial charge is 0.180 e. The van der Waals surface area contributed by atoms with Crippen LogP contribution in [0.15, 0.2) is 29.4 Å². The quantitative estimate of drug-likeness (QED) is 0.206. The van der Waals surface area contributed by atoms with Crippen LogP contribution in [-0.2, 0) is 6.54 Å². The average molecular weight is 330 g/mol. The molecule has 0 spiro atoms. The molecule has 0 heterocycles. The summed E-state index contributed by atoms with van der Waals surface area (Å²) in [6, 6.07) is 7.87. The monoisotopic (exact) mass is 330 g/mol. The van der Waals surface area contributed by atoms with E-state index in [4.69, 9.17) is 16.4 Å². The first kappa shape index (κ1) is 17.9. The highest BCUT2D eigenvalue weighted by Crippen LogP contribution is 2.21. The predicted molar refractivity (Wildman–Crippen MR) is 93.5 cm³/mol. The van der Waals surface area contributed by atoms with Gasteiger partial charge in [-0.25, -0.2) is 5.84 Å². The van der Waals surface area contributed by atoms with Crippen molar-refractivity contribution < 1.29 is 4.74 Å². The molecule has 130 valence electrons. The van der Waals surface area contributed by atoms with Gasteiger partial charge in [0.15, 0.2) is 12.0 Å². The molecule has 0 amide bonds.